The largest absolute Gasteiger partial charge is 0.497 e. The quantitative estimate of drug-likeness (QED) is 0.451. The minimum absolute atomic E-state index is 0.723. The van der Waals surface area contributed by atoms with Gasteiger partial charge < -0.3 is 14.2 Å². The summed E-state index contributed by atoms with van der Waals surface area (Å²) in [6.45, 7) is 0.723. The molecule has 0 aromatic heterocycles. The number of hydrogen-bond donors (Lipinski definition) is 0. The number of unbranched alkanes of at least 4 members (excludes halogenated alkanes) is 3. The van der Waals surface area contributed by atoms with Crippen LogP contribution in [0, 0.1) is 0 Å². The van der Waals surface area contributed by atoms with Crippen LogP contribution < -0.4 is 14.2 Å². The number of ether oxygens (including phenoxy) is 3. The average Bonchev–Trinajstić information content (AvgIpc) is 2.57. The Hall–Kier alpha value is -1.42. The van der Waals surface area contributed by atoms with Gasteiger partial charge in [0.25, 0.3) is 0 Å². The molecular formula is C18H23BrO3. The van der Waals surface area contributed by atoms with Crippen LogP contribution in [-0.4, -0.2) is 26.2 Å². The van der Waals surface area contributed by atoms with E-state index in [-0.39, 0.29) is 0 Å². The van der Waals surface area contributed by atoms with Crippen molar-refractivity contribution in [3.8, 4) is 17.2 Å². The van der Waals surface area contributed by atoms with Crippen molar-refractivity contribution < 1.29 is 14.2 Å². The summed E-state index contributed by atoms with van der Waals surface area (Å²) in [4.78, 5) is 0. The van der Waals surface area contributed by atoms with Crippen LogP contribution in [0.1, 0.15) is 25.7 Å². The summed E-state index contributed by atoms with van der Waals surface area (Å²) in [7, 11) is 3.35. The molecule has 0 radical (unpaired) electrons. The molecule has 0 aliphatic carbocycles. The molecule has 2 aromatic rings. The Morgan fingerprint density at radius 3 is 2.45 bits per heavy atom. The van der Waals surface area contributed by atoms with Crippen molar-refractivity contribution in [1.29, 1.82) is 0 Å². The van der Waals surface area contributed by atoms with Gasteiger partial charge in [-0.05, 0) is 42.5 Å². The van der Waals surface area contributed by atoms with E-state index in [0.717, 1.165) is 46.4 Å². The zero-order chi connectivity index (χ0) is 15.8. The molecule has 0 aliphatic heterocycles. The van der Waals surface area contributed by atoms with Crippen LogP contribution in [0.15, 0.2) is 30.3 Å². The highest BCUT2D eigenvalue weighted by atomic mass is 79.9. The van der Waals surface area contributed by atoms with Gasteiger partial charge in [-0.2, -0.15) is 0 Å². The summed E-state index contributed by atoms with van der Waals surface area (Å²) in [5.41, 5.74) is 0. The minimum Gasteiger partial charge on any atom is -0.497 e. The SMILES string of the molecule is COc1ccc2c(OC)c(OCCCCCCBr)ccc2c1. The molecule has 0 atom stereocenters. The van der Waals surface area contributed by atoms with E-state index in [1.165, 1.54) is 19.3 Å². The number of methoxy groups -OCH3 is 2. The number of fused-ring (bicyclic) bond motifs is 1. The highest BCUT2D eigenvalue weighted by Gasteiger charge is 2.10. The van der Waals surface area contributed by atoms with E-state index < -0.39 is 0 Å². The molecule has 2 rings (SSSR count). The van der Waals surface area contributed by atoms with E-state index in [9.17, 15) is 0 Å². The van der Waals surface area contributed by atoms with Gasteiger partial charge >= 0.3 is 0 Å². The molecule has 0 aliphatic rings. The Balaban J connectivity index is 2.06. The third kappa shape index (κ3) is 4.29. The summed E-state index contributed by atoms with van der Waals surface area (Å²) in [5.74, 6) is 2.44. The lowest BCUT2D eigenvalue weighted by molar-refractivity contribution is 0.286. The molecule has 0 amide bonds. The van der Waals surface area contributed by atoms with Crippen LogP contribution in [0.3, 0.4) is 0 Å². The zero-order valence-corrected chi connectivity index (χ0v) is 14.8. The molecule has 4 heteroatoms. The predicted octanol–water partition coefficient (Wildman–Crippen LogP) is 5.19. The highest BCUT2D eigenvalue weighted by molar-refractivity contribution is 9.09. The van der Waals surface area contributed by atoms with E-state index >= 15 is 0 Å². The topological polar surface area (TPSA) is 27.7 Å². The number of hydrogen-bond acceptors (Lipinski definition) is 3. The molecule has 120 valence electrons. The number of rotatable bonds is 9. The van der Waals surface area contributed by atoms with Crippen LogP contribution in [0.25, 0.3) is 10.8 Å². The standard InChI is InChI=1S/C18H23BrO3/c1-20-15-8-9-16-14(13-15)7-10-17(18(16)21-2)22-12-6-4-3-5-11-19/h7-10,13H,3-6,11-12H2,1-2H3. The Morgan fingerprint density at radius 2 is 1.73 bits per heavy atom. The Labute approximate surface area is 140 Å². The summed E-state index contributed by atoms with van der Waals surface area (Å²) in [5, 5.41) is 3.21. The number of benzene rings is 2. The first-order valence-electron chi connectivity index (χ1n) is 7.63. The lowest BCUT2D eigenvalue weighted by Gasteiger charge is -2.13. The van der Waals surface area contributed by atoms with Crippen LogP contribution in [0.2, 0.25) is 0 Å². The average molecular weight is 367 g/mol. The van der Waals surface area contributed by atoms with Crippen molar-refractivity contribution in [2.45, 2.75) is 25.7 Å². The van der Waals surface area contributed by atoms with Crippen LogP contribution >= 0.6 is 15.9 Å². The van der Waals surface area contributed by atoms with Crippen molar-refractivity contribution in [1.82, 2.24) is 0 Å². The maximum absolute atomic E-state index is 5.90. The third-order valence-electron chi connectivity index (χ3n) is 3.63. The first kappa shape index (κ1) is 16.9. The molecule has 0 saturated carbocycles. The summed E-state index contributed by atoms with van der Waals surface area (Å²) >= 11 is 3.45. The predicted molar refractivity (Wildman–Crippen MR) is 94.8 cm³/mol. The van der Waals surface area contributed by atoms with Gasteiger partial charge in [0, 0.05) is 10.7 Å². The number of halogens is 1. The van der Waals surface area contributed by atoms with E-state index in [1.807, 2.05) is 30.3 Å². The molecule has 2 aromatic carbocycles. The lowest BCUT2D eigenvalue weighted by Crippen LogP contribution is -2.00. The van der Waals surface area contributed by atoms with E-state index in [1.54, 1.807) is 14.2 Å². The van der Waals surface area contributed by atoms with Crippen molar-refractivity contribution in [3.05, 3.63) is 30.3 Å². The Bertz CT molecular complexity index is 598. The Morgan fingerprint density at radius 1 is 0.909 bits per heavy atom. The molecule has 0 heterocycles. The molecule has 0 bridgehead atoms. The molecule has 0 saturated heterocycles. The fourth-order valence-corrected chi connectivity index (χ4v) is 2.84. The normalized spacial score (nSPS) is 10.7. The van der Waals surface area contributed by atoms with Gasteiger partial charge in [-0.1, -0.05) is 34.8 Å². The van der Waals surface area contributed by atoms with Crippen molar-refractivity contribution in [2.24, 2.45) is 0 Å². The monoisotopic (exact) mass is 366 g/mol. The highest BCUT2D eigenvalue weighted by Crippen LogP contribution is 2.37. The maximum Gasteiger partial charge on any atom is 0.168 e. The van der Waals surface area contributed by atoms with E-state index in [0.29, 0.717) is 0 Å². The summed E-state index contributed by atoms with van der Waals surface area (Å²) in [6.07, 6.45) is 4.72. The van der Waals surface area contributed by atoms with Gasteiger partial charge in [-0.25, -0.2) is 0 Å². The van der Waals surface area contributed by atoms with Crippen LogP contribution in [0.5, 0.6) is 17.2 Å². The van der Waals surface area contributed by atoms with Gasteiger partial charge in [0.2, 0.25) is 0 Å². The summed E-state index contributed by atoms with van der Waals surface area (Å²) < 4.78 is 16.7. The second kappa shape index (κ2) is 8.89. The van der Waals surface area contributed by atoms with Crippen molar-refractivity contribution in [2.75, 3.05) is 26.2 Å². The molecular weight excluding hydrogens is 344 g/mol. The fourth-order valence-electron chi connectivity index (χ4n) is 2.44. The second-order valence-corrected chi connectivity index (χ2v) is 5.93. The molecule has 22 heavy (non-hydrogen) atoms. The van der Waals surface area contributed by atoms with Crippen molar-refractivity contribution >= 4 is 26.7 Å². The smallest absolute Gasteiger partial charge is 0.168 e. The van der Waals surface area contributed by atoms with Gasteiger partial charge in [-0.15, -0.1) is 0 Å². The van der Waals surface area contributed by atoms with Gasteiger partial charge in [-0.3, -0.25) is 0 Å². The minimum atomic E-state index is 0.723. The van der Waals surface area contributed by atoms with Crippen molar-refractivity contribution in [3.63, 3.8) is 0 Å². The summed E-state index contributed by atoms with van der Waals surface area (Å²) in [6, 6.07) is 9.96. The molecule has 0 spiro atoms. The molecule has 0 N–H and O–H groups in total. The molecule has 0 fully saturated rings. The zero-order valence-electron chi connectivity index (χ0n) is 13.2. The number of alkyl halides is 1. The molecule has 0 unspecified atom stereocenters. The third-order valence-corrected chi connectivity index (χ3v) is 4.19. The first-order valence-corrected chi connectivity index (χ1v) is 8.75. The lowest BCUT2D eigenvalue weighted by atomic mass is 10.1. The van der Waals surface area contributed by atoms with Gasteiger partial charge in [0.05, 0.1) is 20.8 Å². The van der Waals surface area contributed by atoms with Gasteiger partial charge in [0.15, 0.2) is 11.5 Å². The first-order chi connectivity index (χ1) is 10.8. The van der Waals surface area contributed by atoms with Crippen LogP contribution in [-0.2, 0) is 0 Å². The maximum atomic E-state index is 5.90. The van der Waals surface area contributed by atoms with Crippen LogP contribution in [0.4, 0.5) is 0 Å². The second-order valence-electron chi connectivity index (χ2n) is 5.14. The fraction of sp³-hybridized carbons (Fsp3) is 0.444. The molecule has 3 nitrogen and oxygen atoms in total. The van der Waals surface area contributed by atoms with Gasteiger partial charge in [0.1, 0.15) is 5.75 Å². The van der Waals surface area contributed by atoms with E-state index in [2.05, 4.69) is 15.9 Å². The Kier molecular flexibility index (Phi) is 6.84. The van der Waals surface area contributed by atoms with E-state index in [4.69, 9.17) is 14.2 Å².